The number of aliphatic hydroxyl groups excluding tert-OH is 1. The average molecular weight is 285 g/mol. The summed E-state index contributed by atoms with van der Waals surface area (Å²) in [6.45, 7) is 0.531. The zero-order chi connectivity index (χ0) is 14.5. The minimum atomic E-state index is 0.150. The molecular weight excluding hydrogens is 270 g/mol. The molecule has 1 aromatic carbocycles. The number of hydrogen-bond donors (Lipinski definition) is 1. The standard InChI is InChI=1S/C14H15N5O2/c20-8-4-7-12-9-19(18-15-12)10-13-16-17-14(21-13)11-5-2-1-3-6-11/h1-3,5-6,9,20H,4,7-8,10H2. The molecule has 2 aromatic heterocycles. The highest BCUT2D eigenvalue weighted by atomic mass is 16.4. The van der Waals surface area contributed by atoms with Crippen molar-refractivity contribution in [1.82, 2.24) is 25.2 Å². The fourth-order valence-corrected chi connectivity index (χ4v) is 1.94. The Hall–Kier alpha value is -2.54. The third-order valence-electron chi connectivity index (χ3n) is 2.96. The third kappa shape index (κ3) is 3.32. The van der Waals surface area contributed by atoms with E-state index >= 15 is 0 Å². The lowest BCUT2D eigenvalue weighted by atomic mass is 10.2. The van der Waals surface area contributed by atoms with Gasteiger partial charge in [-0.15, -0.1) is 15.3 Å². The van der Waals surface area contributed by atoms with Crippen molar-refractivity contribution in [2.24, 2.45) is 0 Å². The van der Waals surface area contributed by atoms with E-state index in [0.29, 0.717) is 31.2 Å². The van der Waals surface area contributed by atoms with Crippen LogP contribution < -0.4 is 0 Å². The quantitative estimate of drug-likeness (QED) is 0.734. The molecule has 0 amide bonds. The molecule has 2 heterocycles. The summed E-state index contributed by atoms with van der Waals surface area (Å²) in [6.07, 6.45) is 3.20. The van der Waals surface area contributed by atoms with E-state index in [4.69, 9.17) is 9.52 Å². The molecule has 3 aromatic rings. The van der Waals surface area contributed by atoms with Crippen molar-refractivity contribution in [3.63, 3.8) is 0 Å². The Balaban J connectivity index is 1.68. The number of aryl methyl sites for hydroxylation is 1. The molecule has 0 fully saturated rings. The lowest BCUT2D eigenvalue weighted by Crippen LogP contribution is -2.00. The summed E-state index contributed by atoms with van der Waals surface area (Å²) in [5, 5.41) is 24.9. The Morgan fingerprint density at radius 2 is 1.95 bits per heavy atom. The molecule has 1 N–H and O–H groups in total. The van der Waals surface area contributed by atoms with Crippen molar-refractivity contribution in [2.75, 3.05) is 6.61 Å². The predicted molar refractivity (Wildman–Crippen MR) is 74.3 cm³/mol. The minimum Gasteiger partial charge on any atom is -0.419 e. The van der Waals surface area contributed by atoms with Crippen molar-refractivity contribution in [1.29, 1.82) is 0 Å². The second kappa shape index (κ2) is 6.27. The average Bonchev–Trinajstić information content (AvgIpc) is 3.16. The predicted octanol–water partition coefficient (Wildman–Crippen LogP) is 1.30. The van der Waals surface area contributed by atoms with Gasteiger partial charge in [0, 0.05) is 18.4 Å². The Morgan fingerprint density at radius 1 is 1.10 bits per heavy atom. The second-order valence-corrected chi connectivity index (χ2v) is 4.60. The lowest BCUT2D eigenvalue weighted by molar-refractivity contribution is 0.288. The Morgan fingerprint density at radius 3 is 2.76 bits per heavy atom. The van der Waals surface area contributed by atoms with Crippen LogP contribution in [0.1, 0.15) is 18.0 Å². The van der Waals surface area contributed by atoms with Gasteiger partial charge in [0.2, 0.25) is 11.8 Å². The van der Waals surface area contributed by atoms with Gasteiger partial charge in [-0.05, 0) is 25.0 Å². The van der Waals surface area contributed by atoms with Crippen LogP contribution in [0.25, 0.3) is 11.5 Å². The zero-order valence-electron chi connectivity index (χ0n) is 11.4. The van der Waals surface area contributed by atoms with E-state index in [1.807, 2.05) is 36.5 Å². The number of rotatable bonds is 6. The Kier molecular flexibility index (Phi) is 4.02. The van der Waals surface area contributed by atoms with Crippen LogP contribution in [0, 0.1) is 0 Å². The van der Waals surface area contributed by atoms with E-state index in [2.05, 4.69) is 20.5 Å². The van der Waals surface area contributed by atoms with Gasteiger partial charge in [-0.25, -0.2) is 4.68 Å². The highest BCUT2D eigenvalue weighted by molar-refractivity contribution is 5.51. The van der Waals surface area contributed by atoms with Crippen LogP contribution >= 0.6 is 0 Å². The number of hydrogen-bond acceptors (Lipinski definition) is 6. The van der Waals surface area contributed by atoms with Crippen molar-refractivity contribution < 1.29 is 9.52 Å². The maximum atomic E-state index is 8.79. The van der Waals surface area contributed by atoms with Gasteiger partial charge in [0.1, 0.15) is 6.54 Å². The largest absolute Gasteiger partial charge is 0.419 e. The fourth-order valence-electron chi connectivity index (χ4n) is 1.94. The van der Waals surface area contributed by atoms with Crippen molar-refractivity contribution >= 4 is 0 Å². The van der Waals surface area contributed by atoms with Crippen molar-refractivity contribution in [2.45, 2.75) is 19.4 Å². The summed E-state index contributed by atoms with van der Waals surface area (Å²) in [7, 11) is 0. The SMILES string of the molecule is OCCCc1cn(Cc2nnc(-c3ccccc3)o2)nn1. The molecule has 0 bridgehead atoms. The highest BCUT2D eigenvalue weighted by Crippen LogP contribution is 2.17. The van der Waals surface area contributed by atoms with Crippen molar-refractivity contribution in [3.05, 3.63) is 48.1 Å². The first-order chi connectivity index (χ1) is 10.3. The first kappa shape index (κ1) is 13.4. The van der Waals surface area contributed by atoms with Gasteiger partial charge in [-0.2, -0.15) is 0 Å². The van der Waals surface area contributed by atoms with Gasteiger partial charge in [-0.3, -0.25) is 0 Å². The molecule has 0 saturated heterocycles. The molecular formula is C14H15N5O2. The second-order valence-electron chi connectivity index (χ2n) is 4.60. The normalized spacial score (nSPS) is 10.9. The van der Waals surface area contributed by atoms with Gasteiger partial charge < -0.3 is 9.52 Å². The van der Waals surface area contributed by atoms with E-state index in [1.165, 1.54) is 0 Å². The first-order valence-electron chi connectivity index (χ1n) is 6.73. The third-order valence-corrected chi connectivity index (χ3v) is 2.96. The summed E-state index contributed by atoms with van der Waals surface area (Å²) in [4.78, 5) is 0. The molecule has 0 aliphatic heterocycles. The molecule has 0 radical (unpaired) electrons. The maximum absolute atomic E-state index is 8.79. The first-order valence-corrected chi connectivity index (χ1v) is 6.73. The van der Waals surface area contributed by atoms with Crippen LogP contribution in [0.2, 0.25) is 0 Å². The molecule has 21 heavy (non-hydrogen) atoms. The topological polar surface area (TPSA) is 89.9 Å². The number of nitrogens with zero attached hydrogens (tertiary/aromatic N) is 5. The molecule has 0 unspecified atom stereocenters. The Labute approximate surface area is 121 Å². The summed E-state index contributed by atoms with van der Waals surface area (Å²) >= 11 is 0. The Bertz CT molecular complexity index is 692. The van der Waals surface area contributed by atoms with Crippen LogP contribution in [-0.2, 0) is 13.0 Å². The minimum absolute atomic E-state index is 0.150. The van der Waals surface area contributed by atoms with E-state index in [0.717, 1.165) is 11.3 Å². The molecule has 0 aliphatic carbocycles. The van der Waals surface area contributed by atoms with E-state index in [1.54, 1.807) is 4.68 Å². The van der Waals surface area contributed by atoms with Gasteiger partial charge >= 0.3 is 0 Å². The van der Waals surface area contributed by atoms with Gasteiger partial charge in [0.25, 0.3) is 0 Å². The molecule has 7 nitrogen and oxygen atoms in total. The molecule has 108 valence electrons. The van der Waals surface area contributed by atoms with Crippen LogP contribution in [0.5, 0.6) is 0 Å². The van der Waals surface area contributed by atoms with Crippen LogP contribution in [-0.4, -0.2) is 36.9 Å². The summed E-state index contributed by atoms with van der Waals surface area (Å²) in [6, 6.07) is 9.61. The van der Waals surface area contributed by atoms with E-state index in [9.17, 15) is 0 Å². The molecule has 7 heteroatoms. The van der Waals surface area contributed by atoms with Gasteiger partial charge in [-0.1, -0.05) is 23.4 Å². The van der Waals surface area contributed by atoms with Crippen LogP contribution in [0.3, 0.4) is 0 Å². The summed E-state index contributed by atoms with van der Waals surface area (Å²) in [5.41, 5.74) is 1.73. The lowest BCUT2D eigenvalue weighted by Gasteiger charge is -1.94. The van der Waals surface area contributed by atoms with Crippen molar-refractivity contribution in [3.8, 4) is 11.5 Å². The number of aromatic nitrogens is 5. The fraction of sp³-hybridized carbons (Fsp3) is 0.286. The number of benzene rings is 1. The van der Waals surface area contributed by atoms with Crippen LogP contribution in [0.4, 0.5) is 0 Å². The molecule has 0 aliphatic rings. The van der Waals surface area contributed by atoms with Gasteiger partial charge in [0.05, 0.1) is 5.69 Å². The van der Waals surface area contributed by atoms with E-state index in [-0.39, 0.29) is 6.61 Å². The highest BCUT2D eigenvalue weighted by Gasteiger charge is 2.09. The molecule has 0 spiro atoms. The number of aliphatic hydroxyl groups is 1. The monoisotopic (exact) mass is 285 g/mol. The van der Waals surface area contributed by atoms with Gasteiger partial charge in [0.15, 0.2) is 0 Å². The smallest absolute Gasteiger partial charge is 0.247 e. The maximum Gasteiger partial charge on any atom is 0.247 e. The molecule has 3 rings (SSSR count). The van der Waals surface area contributed by atoms with E-state index < -0.39 is 0 Å². The molecule has 0 atom stereocenters. The summed E-state index contributed by atoms with van der Waals surface area (Å²) < 4.78 is 7.26. The van der Waals surface area contributed by atoms with Crippen LogP contribution in [0.15, 0.2) is 40.9 Å². The zero-order valence-corrected chi connectivity index (χ0v) is 11.4. The molecule has 0 saturated carbocycles. The summed E-state index contributed by atoms with van der Waals surface area (Å²) in [5.74, 6) is 0.971.